The Bertz CT molecular complexity index is 569. The number of methoxy groups -OCH3 is 1. The Labute approximate surface area is 125 Å². The number of hydrogen-bond acceptors (Lipinski definition) is 4. The highest BCUT2D eigenvalue weighted by Crippen LogP contribution is 2.26. The van der Waals surface area contributed by atoms with Crippen molar-refractivity contribution < 1.29 is 14.9 Å². The minimum Gasteiger partial charge on any atom is -0.497 e. The molecule has 0 radical (unpaired) electrons. The van der Waals surface area contributed by atoms with Gasteiger partial charge in [-0.2, -0.15) is 0 Å². The number of ether oxygens (including phenoxy) is 1. The fourth-order valence-corrected chi connectivity index (χ4v) is 2.29. The fraction of sp³-hybridized carbons (Fsp3) is 0.294. The maximum Gasteiger partial charge on any atom is 0.119 e. The van der Waals surface area contributed by atoms with E-state index in [0.29, 0.717) is 0 Å². The summed E-state index contributed by atoms with van der Waals surface area (Å²) in [6.45, 7) is 1.68. The Hall–Kier alpha value is -2.04. The highest BCUT2D eigenvalue weighted by Gasteiger charge is 2.21. The topological polar surface area (TPSA) is 61.7 Å². The number of rotatable bonds is 6. The molecule has 21 heavy (non-hydrogen) atoms. The van der Waals surface area contributed by atoms with E-state index in [1.165, 1.54) is 0 Å². The highest BCUT2D eigenvalue weighted by atomic mass is 16.5. The van der Waals surface area contributed by atoms with Crippen LogP contribution in [0.4, 0.5) is 5.69 Å². The molecule has 0 heterocycles. The number of aliphatic hydroxyl groups is 2. The Morgan fingerprint density at radius 3 is 2.33 bits per heavy atom. The number of aryl methyl sites for hydroxylation is 1. The van der Waals surface area contributed by atoms with Crippen molar-refractivity contribution in [3.63, 3.8) is 0 Å². The van der Waals surface area contributed by atoms with Gasteiger partial charge in [-0.15, -0.1) is 0 Å². The molecule has 0 saturated carbocycles. The van der Waals surface area contributed by atoms with Gasteiger partial charge in [-0.25, -0.2) is 0 Å². The van der Waals surface area contributed by atoms with Gasteiger partial charge >= 0.3 is 0 Å². The van der Waals surface area contributed by atoms with E-state index >= 15 is 0 Å². The number of hydrogen-bond donors (Lipinski definition) is 3. The monoisotopic (exact) mass is 287 g/mol. The van der Waals surface area contributed by atoms with Gasteiger partial charge in [0.2, 0.25) is 0 Å². The molecule has 0 aliphatic heterocycles. The quantitative estimate of drug-likeness (QED) is 0.764. The number of nitrogens with one attached hydrogen (secondary N) is 1. The first-order chi connectivity index (χ1) is 10.2. The second kappa shape index (κ2) is 7.11. The van der Waals surface area contributed by atoms with Crippen molar-refractivity contribution in [3.05, 3.63) is 59.7 Å². The molecule has 4 nitrogen and oxygen atoms in total. The third kappa shape index (κ3) is 3.74. The molecule has 2 aromatic carbocycles. The van der Waals surface area contributed by atoms with Crippen molar-refractivity contribution in [2.24, 2.45) is 0 Å². The first kappa shape index (κ1) is 15.4. The summed E-state index contributed by atoms with van der Waals surface area (Å²) in [7, 11) is 1.62. The Balaban J connectivity index is 2.26. The van der Waals surface area contributed by atoms with Crippen molar-refractivity contribution in [2.75, 3.05) is 19.0 Å². The lowest BCUT2D eigenvalue weighted by molar-refractivity contribution is 0.0793. The summed E-state index contributed by atoms with van der Waals surface area (Å²) < 4.78 is 5.13. The predicted octanol–water partition coefficient (Wildman–Crippen LogP) is 2.51. The van der Waals surface area contributed by atoms with Crippen molar-refractivity contribution in [2.45, 2.75) is 19.1 Å². The zero-order chi connectivity index (χ0) is 15.2. The van der Waals surface area contributed by atoms with Crippen LogP contribution in [0.2, 0.25) is 0 Å². The van der Waals surface area contributed by atoms with Crippen LogP contribution in [0, 0.1) is 6.92 Å². The van der Waals surface area contributed by atoms with E-state index in [2.05, 4.69) is 5.32 Å². The maximum absolute atomic E-state index is 10.1. The Morgan fingerprint density at radius 2 is 1.76 bits per heavy atom. The van der Waals surface area contributed by atoms with Gasteiger partial charge in [-0.1, -0.05) is 24.3 Å². The minimum atomic E-state index is -0.881. The van der Waals surface area contributed by atoms with Crippen LogP contribution in [-0.4, -0.2) is 30.0 Å². The summed E-state index contributed by atoms with van der Waals surface area (Å²) in [4.78, 5) is 0. The molecule has 4 heteroatoms. The van der Waals surface area contributed by atoms with Crippen LogP contribution in [0.5, 0.6) is 5.75 Å². The molecule has 2 aromatic rings. The van der Waals surface area contributed by atoms with E-state index in [-0.39, 0.29) is 12.6 Å². The molecule has 0 unspecified atom stereocenters. The molecule has 2 rings (SSSR count). The van der Waals surface area contributed by atoms with Gasteiger partial charge in [0, 0.05) is 5.69 Å². The first-order valence-corrected chi connectivity index (χ1v) is 6.90. The number of aliphatic hydroxyl groups excluding tert-OH is 2. The lowest BCUT2D eigenvalue weighted by atomic mass is 9.97. The van der Waals surface area contributed by atoms with E-state index in [0.717, 1.165) is 22.6 Å². The Kier molecular flexibility index (Phi) is 5.20. The molecule has 3 N–H and O–H groups in total. The van der Waals surface area contributed by atoms with Crippen molar-refractivity contribution in [3.8, 4) is 5.75 Å². The van der Waals surface area contributed by atoms with E-state index in [1.807, 2.05) is 55.5 Å². The molecule has 2 atom stereocenters. The third-order valence-electron chi connectivity index (χ3n) is 3.51. The average Bonchev–Trinajstić information content (AvgIpc) is 2.53. The molecule has 112 valence electrons. The minimum absolute atomic E-state index is 0.303. The lowest BCUT2D eigenvalue weighted by Gasteiger charge is -2.26. The lowest BCUT2D eigenvalue weighted by Crippen LogP contribution is -2.29. The van der Waals surface area contributed by atoms with E-state index in [9.17, 15) is 10.2 Å². The summed E-state index contributed by atoms with van der Waals surface area (Å²) in [5.41, 5.74) is 2.89. The second-order valence-corrected chi connectivity index (χ2v) is 4.96. The fourth-order valence-electron chi connectivity index (χ4n) is 2.29. The van der Waals surface area contributed by atoms with Crippen molar-refractivity contribution in [1.82, 2.24) is 0 Å². The SMILES string of the molecule is COc1ccc(N[C@H](c2ccccc2C)[C@@H](O)CO)cc1. The normalized spacial score (nSPS) is 13.5. The summed E-state index contributed by atoms with van der Waals surface area (Å²) >= 11 is 0. The molecule has 0 spiro atoms. The van der Waals surface area contributed by atoms with E-state index in [4.69, 9.17) is 4.74 Å². The molecule has 0 amide bonds. The highest BCUT2D eigenvalue weighted by molar-refractivity contribution is 5.49. The molecule has 0 aliphatic rings. The molecule has 0 fully saturated rings. The first-order valence-electron chi connectivity index (χ1n) is 6.90. The Morgan fingerprint density at radius 1 is 1.10 bits per heavy atom. The van der Waals surface area contributed by atoms with Gasteiger partial charge in [-0.3, -0.25) is 0 Å². The largest absolute Gasteiger partial charge is 0.497 e. The smallest absolute Gasteiger partial charge is 0.119 e. The summed E-state index contributed by atoms with van der Waals surface area (Å²) in [6, 6.07) is 14.9. The maximum atomic E-state index is 10.1. The second-order valence-electron chi connectivity index (χ2n) is 4.96. The van der Waals surface area contributed by atoms with Crippen LogP contribution >= 0.6 is 0 Å². The molecule has 0 aromatic heterocycles. The summed E-state index contributed by atoms with van der Waals surface area (Å²) in [5, 5.41) is 22.7. The molecular formula is C17H21NO3. The van der Waals surface area contributed by atoms with Gasteiger partial charge in [-0.05, 0) is 42.3 Å². The van der Waals surface area contributed by atoms with Gasteiger partial charge in [0.25, 0.3) is 0 Å². The predicted molar refractivity (Wildman–Crippen MR) is 83.6 cm³/mol. The summed E-state index contributed by atoms with van der Waals surface area (Å²) in [6.07, 6.45) is -0.881. The van der Waals surface area contributed by atoms with E-state index < -0.39 is 6.10 Å². The number of benzene rings is 2. The zero-order valence-corrected chi connectivity index (χ0v) is 12.3. The molecule has 0 aliphatic carbocycles. The van der Waals surface area contributed by atoms with Crippen LogP contribution in [0.25, 0.3) is 0 Å². The number of anilines is 1. The zero-order valence-electron chi connectivity index (χ0n) is 12.3. The van der Waals surface area contributed by atoms with Crippen LogP contribution in [0.1, 0.15) is 17.2 Å². The average molecular weight is 287 g/mol. The van der Waals surface area contributed by atoms with Crippen molar-refractivity contribution >= 4 is 5.69 Å². The van der Waals surface area contributed by atoms with Crippen LogP contribution in [-0.2, 0) is 0 Å². The third-order valence-corrected chi connectivity index (χ3v) is 3.51. The van der Waals surface area contributed by atoms with Crippen molar-refractivity contribution in [1.29, 1.82) is 0 Å². The summed E-state index contributed by atoms with van der Waals surface area (Å²) in [5.74, 6) is 0.774. The van der Waals surface area contributed by atoms with Gasteiger partial charge < -0.3 is 20.3 Å². The molecular weight excluding hydrogens is 266 g/mol. The molecule has 0 saturated heterocycles. The van der Waals surface area contributed by atoms with Crippen LogP contribution < -0.4 is 10.1 Å². The standard InChI is InChI=1S/C17H21NO3/c1-12-5-3-4-6-15(12)17(16(20)11-19)18-13-7-9-14(21-2)10-8-13/h3-10,16-20H,11H2,1-2H3/t16-,17+/m0/s1. The van der Waals surface area contributed by atoms with Gasteiger partial charge in [0.1, 0.15) is 11.9 Å². The van der Waals surface area contributed by atoms with Crippen LogP contribution in [0.15, 0.2) is 48.5 Å². The van der Waals surface area contributed by atoms with Crippen LogP contribution in [0.3, 0.4) is 0 Å². The molecule has 0 bridgehead atoms. The van der Waals surface area contributed by atoms with Gasteiger partial charge in [0.05, 0.1) is 19.8 Å². The van der Waals surface area contributed by atoms with E-state index in [1.54, 1.807) is 7.11 Å². The van der Waals surface area contributed by atoms with Gasteiger partial charge in [0.15, 0.2) is 0 Å².